The summed E-state index contributed by atoms with van der Waals surface area (Å²) < 4.78 is 13.7. The third-order valence-electron chi connectivity index (χ3n) is 4.70. The summed E-state index contributed by atoms with van der Waals surface area (Å²) in [6.45, 7) is 2.24. The average Bonchev–Trinajstić information content (AvgIpc) is 2.82. The lowest BCUT2D eigenvalue weighted by atomic mass is 10.1. The van der Waals surface area contributed by atoms with Gasteiger partial charge in [0.05, 0.1) is 0 Å². The molecule has 1 aliphatic rings. The molecule has 0 spiro atoms. The smallest absolute Gasteiger partial charge is 0.144 e. The lowest BCUT2D eigenvalue weighted by Gasteiger charge is -2.15. The minimum atomic E-state index is -2.41. The molecule has 116 valence electrons. The van der Waals surface area contributed by atoms with E-state index in [0.717, 1.165) is 23.2 Å². The zero-order chi connectivity index (χ0) is 15.4. The highest BCUT2D eigenvalue weighted by Crippen LogP contribution is 2.53. The summed E-state index contributed by atoms with van der Waals surface area (Å²) in [6, 6.07) is 16.5. The first-order chi connectivity index (χ1) is 10.8. The molecule has 0 aliphatic carbocycles. The number of benzene rings is 2. The maximum atomic E-state index is 13.7. The Kier molecular flexibility index (Phi) is 4.84. The van der Waals surface area contributed by atoms with Crippen LogP contribution in [0, 0.1) is 0 Å². The molecule has 3 rings (SSSR count). The SMILES string of the molecule is CCCCCCCCP1(=O)c2ccccc2-c2ccccc21. The van der Waals surface area contributed by atoms with Gasteiger partial charge in [-0.1, -0.05) is 87.6 Å². The maximum Gasteiger partial charge on any atom is 0.144 e. The van der Waals surface area contributed by atoms with Crippen molar-refractivity contribution in [2.45, 2.75) is 45.4 Å². The van der Waals surface area contributed by atoms with Crippen molar-refractivity contribution in [3.63, 3.8) is 0 Å². The van der Waals surface area contributed by atoms with E-state index in [1.165, 1.54) is 43.2 Å². The van der Waals surface area contributed by atoms with Crippen LogP contribution in [-0.2, 0) is 4.57 Å². The molecule has 0 unspecified atom stereocenters. The molecule has 0 fully saturated rings. The van der Waals surface area contributed by atoms with Crippen molar-refractivity contribution >= 4 is 17.8 Å². The Morgan fingerprint density at radius 3 is 1.82 bits per heavy atom. The molecule has 22 heavy (non-hydrogen) atoms. The molecule has 0 saturated heterocycles. The summed E-state index contributed by atoms with van der Waals surface area (Å²) in [5.74, 6) is 0. The predicted molar refractivity (Wildman–Crippen MR) is 97.0 cm³/mol. The Hall–Kier alpha value is -1.33. The molecule has 0 aromatic heterocycles. The van der Waals surface area contributed by atoms with Crippen molar-refractivity contribution in [2.75, 3.05) is 6.16 Å². The summed E-state index contributed by atoms with van der Waals surface area (Å²) in [7, 11) is -2.41. The number of fused-ring (bicyclic) bond motifs is 3. The van der Waals surface area contributed by atoms with Crippen molar-refractivity contribution in [3.05, 3.63) is 48.5 Å². The summed E-state index contributed by atoms with van der Waals surface area (Å²) in [6.07, 6.45) is 8.29. The van der Waals surface area contributed by atoms with Crippen LogP contribution in [0.5, 0.6) is 0 Å². The Morgan fingerprint density at radius 1 is 0.727 bits per heavy atom. The van der Waals surface area contributed by atoms with Crippen LogP contribution in [-0.4, -0.2) is 6.16 Å². The molecule has 1 aliphatic heterocycles. The fourth-order valence-corrected chi connectivity index (χ4v) is 6.75. The molecule has 0 amide bonds. The van der Waals surface area contributed by atoms with Crippen LogP contribution in [0.2, 0.25) is 0 Å². The second-order valence-electron chi connectivity index (χ2n) is 6.27. The van der Waals surface area contributed by atoms with E-state index in [4.69, 9.17) is 0 Å². The fraction of sp³-hybridized carbons (Fsp3) is 0.400. The molecule has 0 N–H and O–H groups in total. The number of hydrogen-bond donors (Lipinski definition) is 0. The normalized spacial score (nSPS) is 14.6. The predicted octanol–water partition coefficient (Wildman–Crippen LogP) is 5.34. The van der Waals surface area contributed by atoms with Crippen LogP contribution in [0.15, 0.2) is 48.5 Å². The third-order valence-corrected chi connectivity index (χ3v) is 7.99. The van der Waals surface area contributed by atoms with E-state index in [-0.39, 0.29) is 0 Å². The lowest BCUT2D eigenvalue weighted by Crippen LogP contribution is -2.12. The highest BCUT2D eigenvalue weighted by Gasteiger charge is 2.37. The number of hydrogen-bond acceptors (Lipinski definition) is 1. The van der Waals surface area contributed by atoms with Gasteiger partial charge in [-0.05, 0) is 17.5 Å². The first-order valence-electron chi connectivity index (χ1n) is 8.56. The van der Waals surface area contributed by atoms with Crippen molar-refractivity contribution in [3.8, 4) is 11.1 Å². The van der Waals surface area contributed by atoms with Gasteiger partial charge >= 0.3 is 0 Å². The highest BCUT2D eigenvalue weighted by molar-refractivity contribution is 7.80. The second-order valence-corrected chi connectivity index (χ2v) is 9.16. The van der Waals surface area contributed by atoms with Gasteiger partial charge in [0.15, 0.2) is 0 Å². The van der Waals surface area contributed by atoms with Gasteiger partial charge in [-0.3, -0.25) is 0 Å². The Balaban J connectivity index is 1.79. The Labute approximate surface area is 134 Å². The maximum absolute atomic E-state index is 13.7. The van der Waals surface area contributed by atoms with Gasteiger partial charge in [-0.2, -0.15) is 0 Å². The van der Waals surface area contributed by atoms with Gasteiger partial charge in [0.2, 0.25) is 0 Å². The first kappa shape index (κ1) is 15.6. The molecule has 2 aromatic rings. The van der Waals surface area contributed by atoms with E-state index in [9.17, 15) is 4.57 Å². The first-order valence-corrected chi connectivity index (χ1v) is 10.4. The van der Waals surface area contributed by atoms with Gasteiger partial charge in [-0.15, -0.1) is 0 Å². The monoisotopic (exact) mass is 312 g/mol. The van der Waals surface area contributed by atoms with E-state index in [0.29, 0.717) is 0 Å². The van der Waals surface area contributed by atoms with E-state index >= 15 is 0 Å². The summed E-state index contributed by atoms with van der Waals surface area (Å²) >= 11 is 0. The summed E-state index contributed by atoms with van der Waals surface area (Å²) in [5, 5.41) is 2.18. The molecular weight excluding hydrogens is 287 g/mol. The average molecular weight is 312 g/mol. The third kappa shape index (κ3) is 2.79. The topological polar surface area (TPSA) is 17.1 Å². The lowest BCUT2D eigenvalue weighted by molar-refractivity contribution is 0.580. The molecule has 0 radical (unpaired) electrons. The molecule has 0 saturated carbocycles. The van der Waals surface area contributed by atoms with Crippen molar-refractivity contribution in [2.24, 2.45) is 0 Å². The van der Waals surface area contributed by atoms with Crippen LogP contribution >= 0.6 is 7.14 Å². The van der Waals surface area contributed by atoms with Gasteiger partial charge in [0.25, 0.3) is 0 Å². The van der Waals surface area contributed by atoms with Gasteiger partial charge in [0, 0.05) is 16.8 Å². The molecule has 1 heterocycles. The van der Waals surface area contributed by atoms with E-state index < -0.39 is 7.14 Å². The van der Waals surface area contributed by atoms with Crippen LogP contribution in [0.1, 0.15) is 45.4 Å². The second kappa shape index (κ2) is 6.84. The highest BCUT2D eigenvalue weighted by atomic mass is 31.2. The van der Waals surface area contributed by atoms with Crippen LogP contribution in [0.3, 0.4) is 0 Å². The van der Waals surface area contributed by atoms with E-state index in [1.807, 2.05) is 12.1 Å². The minimum Gasteiger partial charge on any atom is -0.314 e. The van der Waals surface area contributed by atoms with Crippen molar-refractivity contribution in [1.29, 1.82) is 0 Å². The van der Waals surface area contributed by atoms with Crippen LogP contribution in [0.25, 0.3) is 11.1 Å². The molecule has 0 bridgehead atoms. The minimum absolute atomic E-state index is 0.827. The van der Waals surface area contributed by atoms with Gasteiger partial charge in [0.1, 0.15) is 7.14 Å². The zero-order valence-electron chi connectivity index (χ0n) is 13.4. The quantitative estimate of drug-likeness (QED) is 0.498. The summed E-state index contributed by atoms with van der Waals surface area (Å²) in [5.41, 5.74) is 2.37. The van der Waals surface area contributed by atoms with Crippen LogP contribution < -0.4 is 10.6 Å². The Bertz CT molecular complexity index is 640. The number of rotatable bonds is 7. The van der Waals surface area contributed by atoms with E-state index in [1.54, 1.807) is 0 Å². The van der Waals surface area contributed by atoms with Crippen molar-refractivity contribution in [1.82, 2.24) is 0 Å². The van der Waals surface area contributed by atoms with Crippen molar-refractivity contribution < 1.29 is 4.57 Å². The molecule has 2 aromatic carbocycles. The fourth-order valence-electron chi connectivity index (χ4n) is 3.52. The van der Waals surface area contributed by atoms with Gasteiger partial charge in [-0.25, -0.2) is 0 Å². The Morgan fingerprint density at radius 2 is 1.23 bits per heavy atom. The molecule has 2 heteroatoms. The molecule has 1 nitrogen and oxygen atoms in total. The van der Waals surface area contributed by atoms with Crippen LogP contribution in [0.4, 0.5) is 0 Å². The molecular formula is C20H25OP. The zero-order valence-corrected chi connectivity index (χ0v) is 14.3. The van der Waals surface area contributed by atoms with Gasteiger partial charge < -0.3 is 4.57 Å². The number of unbranched alkanes of at least 4 members (excludes halogenated alkanes) is 5. The van der Waals surface area contributed by atoms with E-state index in [2.05, 4.69) is 43.3 Å². The standard InChI is InChI=1S/C20H25OP/c1-2-3-4-5-6-11-16-22(21)19-14-9-7-12-17(19)18-13-8-10-15-20(18)22/h7-10,12-15H,2-6,11,16H2,1H3. The largest absolute Gasteiger partial charge is 0.314 e. The summed E-state index contributed by atoms with van der Waals surface area (Å²) in [4.78, 5) is 0. The molecule has 0 atom stereocenters.